The number of hydrogen-bond acceptors (Lipinski definition) is 4. The van der Waals surface area contributed by atoms with Crippen LogP contribution in [0, 0.1) is 0 Å². The number of nitrogens with two attached hydrogens (primary N) is 1. The first-order valence-electron chi connectivity index (χ1n) is 6.35. The van der Waals surface area contributed by atoms with E-state index in [-0.39, 0.29) is 5.91 Å². The van der Waals surface area contributed by atoms with Gasteiger partial charge in [-0.1, -0.05) is 0 Å². The molecule has 1 amide bonds. The lowest BCUT2D eigenvalue weighted by atomic mass is 9.77. The monoisotopic (exact) mass is 274 g/mol. The van der Waals surface area contributed by atoms with Gasteiger partial charge in [-0.25, -0.2) is 0 Å². The largest absolute Gasteiger partial charge is 0.324 e. The van der Waals surface area contributed by atoms with Crippen LogP contribution in [-0.4, -0.2) is 21.4 Å². The van der Waals surface area contributed by atoms with Crippen LogP contribution in [0.2, 0.25) is 0 Å². The molecule has 5 N–H and O–H groups in total. The van der Waals surface area contributed by atoms with Crippen LogP contribution in [0.15, 0.2) is 27.8 Å². The second-order valence-electron chi connectivity index (χ2n) is 5.13. The zero-order chi connectivity index (χ0) is 14.3. The van der Waals surface area contributed by atoms with E-state index in [2.05, 4.69) is 15.3 Å². The lowest BCUT2D eigenvalue weighted by Gasteiger charge is -2.36. The van der Waals surface area contributed by atoms with Gasteiger partial charge in [0.2, 0.25) is 5.91 Å². The zero-order valence-electron chi connectivity index (χ0n) is 10.7. The van der Waals surface area contributed by atoms with Crippen molar-refractivity contribution in [2.45, 2.75) is 24.8 Å². The third kappa shape index (κ3) is 2.01. The molecule has 1 aliphatic rings. The van der Waals surface area contributed by atoms with E-state index in [1.807, 2.05) is 0 Å². The Morgan fingerprint density at radius 1 is 1.15 bits per heavy atom. The number of benzene rings is 1. The molecule has 0 radical (unpaired) electrons. The van der Waals surface area contributed by atoms with Gasteiger partial charge in [0.25, 0.3) is 0 Å². The molecule has 0 spiro atoms. The standard InChI is InChI=1S/C13H14N4O3/c14-13(4-1-5-13)12(20)15-7-2-3-8-9(6-7)17-11(19)10(18)16-8/h2-3,6H,1,4-5,14H2,(H,15,20)(H,16,18)(H,17,19). The molecular formula is C13H14N4O3. The zero-order valence-corrected chi connectivity index (χ0v) is 10.7. The van der Waals surface area contributed by atoms with Crippen molar-refractivity contribution in [3.8, 4) is 0 Å². The van der Waals surface area contributed by atoms with Crippen molar-refractivity contribution in [3.05, 3.63) is 38.9 Å². The van der Waals surface area contributed by atoms with Crippen molar-refractivity contribution >= 4 is 22.6 Å². The summed E-state index contributed by atoms with van der Waals surface area (Å²) in [6.45, 7) is 0. The first kappa shape index (κ1) is 12.6. The lowest BCUT2D eigenvalue weighted by Crippen LogP contribution is -2.56. The average Bonchev–Trinajstić information content (AvgIpc) is 2.37. The van der Waals surface area contributed by atoms with Crippen LogP contribution >= 0.6 is 0 Å². The molecule has 1 heterocycles. The fourth-order valence-electron chi connectivity index (χ4n) is 2.23. The molecule has 1 aromatic carbocycles. The molecule has 0 bridgehead atoms. The van der Waals surface area contributed by atoms with Crippen LogP contribution in [0.1, 0.15) is 19.3 Å². The fourth-order valence-corrected chi connectivity index (χ4v) is 2.23. The number of H-pyrrole nitrogens is 2. The van der Waals surface area contributed by atoms with Gasteiger partial charge in [-0.2, -0.15) is 0 Å². The molecule has 0 unspecified atom stereocenters. The Balaban J connectivity index is 1.93. The van der Waals surface area contributed by atoms with Crippen molar-refractivity contribution in [2.24, 2.45) is 5.73 Å². The Hall–Kier alpha value is -2.41. The molecule has 1 saturated carbocycles. The number of anilines is 1. The van der Waals surface area contributed by atoms with Gasteiger partial charge in [-0.05, 0) is 37.5 Å². The molecule has 1 fully saturated rings. The molecule has 0 aliphatic heterocycles. The van der Waals surface area contributed by atoms with Crippen molar-refractivity contribution in [1.82, 2.24) is 9.97 Å². The highest BCUT2D eigenvalue weighted by molar-refractivity contribution is 5.99. The predicted molar refractivity (Wildman–Crippen MR) is 74.6 cm³/mol. The molecule has 3 rings (SSSR count). The third-order valence-electron chi connectivity index (χ3n) is 3.68. The summed E-state index contributed by atoms with van der Waals surface area (Å²) >= 11 is 0. The Morgan fingerprint density at radius 2 is 1.80 bits per heavy atom. The van der Waals surface area contributed by atoms with Crippen LogP contribution in [0.5, 0.6) is 0 Å². The quantitative estimate of drug-likeness (QED) is 0.577. The molecule has 20 heavy (non-hydrogen) atoms. The van der Waals surface area contributed by atoms with Gasteiger partial charge in [0, 0.05) is 5.69 Å². The number of rotatable bonds is 2. The molecule has 7 nitrogen and oxygen atoms in total. The smallest absolute Gasteiger partial charge is 0.314 e. The number of aromatic nitrogens is 2. The molecule has 0 atom stereocenters. The van der Waals surface area contributed by atoms with Gasteiger partial charge in [0.1, 0.15) is 0 Å². The van der Waals surface area contributed by atoms with E-state index >= 15 is 0 Å². The number of fused-ring (bicyclic) bond motifs is 1. The Labute approximate surface area is 113 Å². The van der Waals surface area contributed by atoms with Crippen molar-refractivity contribution in [2.75, 3.05) is 5.32 Å². The summed E-state index contributed by atoms with van der Waals surface area (Å²) in [5.74, 6) is -0.227. The topological polar surface area (TPSA) is 121 Å². The van der Waals surface area contributed by atoms with E-state index in [0.717, 1.165) is 6.42 Å². The first-order chi connectivity index (χ1) is 9.48. The van der Waals surface area contributed by atoms with Gasteiger partial charge in [-0.3, -0.25) is 14.4 Å². The maximum Gasteiger partial charge on any atom is 0.314 e. The second-order valence-corrected chi connectivity index (χ2v) is 5.13. The molecule has 1 aliphatic carbocycles. The van der Waals surface area contributed by atoms with Gasteiger partial charge >= 0.3 is 11.1 Å². The minimum atomic E-state index is -0.784. The normalized spacial score (nSPS) is 16.6. The number of aromatic amines is 2. The highest BCUT2D eigenvalue weighted by Crippen LogP contribution is 2.30. The first-order valence-corrected chi connectivity index (χ1v) is 6.35. The number of hydrogen-bond donors (Lipinski definition) is 4. The van der Waals surface area contributed by atoms with E-state index in [1.54, 1.807) is 18.2 Å². The van der Waals surface area contributed by atoms with E-state index < -0.39 is 16.7 Å². The van der Waals surface area contributed by atoms with Gasteiger partial charge in [0.05, 0.1) is 16.6 Å². The number of nitrogens with one attached hydrogen (secondary N) is 3. The Morgan fingerprint density at radius 3 is 2.40 bits per heavy atom. The van der Waals surface area contributed by atoms with E-state index in [4.69, 9.17) is 5.73 Å². The summed E-state index contributed by atoms with van der Waals surface area (Å²) in [4.78, 5) is 39.4. The second kappa shape index (κ2) is 4.31. The number of carbonyl (C=O) groups is 1. The molecule has 2 aromatic rings. The summed E-state index contributed by atoms with van der Waals surface area (Å²) in [6.07, 6.45) is 2.31. The molecule has 0 saturated heterocycles. The van der Waals surface area contributed by atoms with Crippen molar-refractivity contribution in [1.29, 1.82) is 0 Å². The third-order valence-corrected chi connectivity index (χ3v) is 3.68. The number of carbonyl (C=O) groups excluding carboxylic acids is 1. The summed E-state index contributed by atoms with van der Waals surface area (Å²) in [5.41, 5.74) is 5.20. The van der Waals surface area contributed by atoms with Crippen LogP contribution in [0.4, 0.5) is 5.69 Å². The SMILES string of the molecule is NC1(C(=O)Nc2ccc3[nH]c(=O)c(=O)[nH]c3c2)CCC1. The van der Waals surface area contributed by atoms with Crippen LogP contribution in [0.25, 0.3) is 11.0 Å². The molecule has 104 valence electrons. The Bertz CT molecular complexity index is 801. The van der Waals surface area contributed by atoms with Crippen LogP contribution < -0.4 is 22.2 Å². The minimum absolute atomic E-state index is 0.227. The number of amides is 1. The summed E-state index contributed by atoms with van der Waals surface area (Å²) in [6, 6.07) is 4.86. The van der Waals surface area contributed by atoms with Crippen molar-refractivity contribution < 1.29 is 4.79 Å². The van der Waals surface area contributed by atoms with E-state index in [1.165, 1.54) is 0 Å². The summed E-state index contributed by atoms with van der Waals surface area (Å²) < 4.78 is 0. The van der Waals surface area contributed by atoms with Crippen LogP contribution in [-0.2, 0) is 4.79 Å². The van der Waals surface area contributed by atoms with Gasteiger partial charge in [0.15, 0.2) is 0 Å². The average molecular weight is 274 g/mol. The van der Waals surface area contributed by atoms with E-state index in [0.29, 0.717) is 29.6 Å². The van der Waals surface area contributed by atoms with Crippen molar-refractivity contribution in [3.63, 3.8) is 0 Å². The molecule has 1 aromatic heterocycles. The maximum absolute atomic E-state index is 12.0. The summed E-state index contributed by atoms with van der Waals surface area (Å²) in [5, 5.41) is 2.73. The van der Waals surface area contributed by atoms with E-state index in [9.17, 15) is 14.4 Å². The summed E-state index contributed by atoms with van der Waals surface area (Å²) in [7, 11) is 0. The fraction of sp³-hybridized carbons (Fsp3) is 0.308. The lowest BCUT2D eigenvalue weighted by molar-refractivity contribution is -0.123. The highest BCUT2D eigenvalue weighted by atomic mass is 16.2. The van der Waals surface area contributed by atoms with Gasteiger partial charge in [-0.15, -0.1) is 0 Å². The predicted octanol–water partition coefficient (Wildman–Crippen LogP) is 0.0363. The maximum atomic E-state index is 12.0. The highest BCUT2D eigenvalue weighted by Gasteiger charge is 2.40. The molecular weight excluding hydrogens is 260 g/mol. The Kier molecular flexibility index (Phi) is 2.72. The minimum Gasteiger partial charge on any atom is -0.324 e. The van der Waals surface area contributed by atoms with Crippen LogP contribution in [0.3, 0.4) is 0 Å². The van der Waals surface area contributed by atoms with Gasteiger partial charge < -0.3 is 21.0 Å². The molecule has 7 heteroatoms.